The van der Waals surface area contributed by atoms with Crippen molar-refractivity contribution in [2.24, 2.45) is 0 Å². The highest BCUT2D eigenvalue weighted by atomic mass is 35.5. The Morgan fingerprint density at radius 3 is 2.52 bits per heavy atom. The zero-order valence-electron chi connectivity index (χ0n) is 13.5. The molecule has 0 aliphatic heterocycles. The second-order valence-electron chi connectivity index (χ2n) is 5.19. The predicted octanol–water partition coefficient (Wildman–Crippen LogP) is 5.10. The Labute approximate surface area is 160 Å². The Kier molecular flexibility index (Phi) is 6.53. The molecule has 132 valence electrons. The SMILES string of the molecule is COC(=O)c1cc(NC(=O)N(C)Cc2cccc(Cl)c2Cl)ccc1Cl. The van der Waals surface area contributed by atoms with Crippen LogP contribution in [0.2, 0.25) is 15.1 Å². The molecule has 0 saturated heterocycles. The van der Waals surface area contributed by atoms with Crippen molar-refractivity contribution < 1.29 is 14.3 Å². The third-order valence-electron chi connectivity index (χ3n) is 3.41. The second kappa shape index (κ2) is 8.43. The summed E-state index contributed by atoms with van der Waals surface area (Å²) in [6.45, 7) is 0.267. The number of methoxy groups -OCH3 is 1. The van der Waals surface area contributed by atoms with E-state index in [2.05, 4.69) is 10.1 Å². The van der Waals surface area contributed by atoms with Gasteiger partial charge in [-0.1, -0.05) is 46.9 Å². The van der Waals surface area contributed by atoms with Crippen LogP contribution in [0.4, 0.5) is 10.5 Å². The van der Waals surface area contributed by atoms with E-state index in [-0.39, 0.29) is 23.2 Å². The molecule has 0 spiro atoms. The van der Waals surface area contributed by atoms with Crippen LogP contribution in [0.25, 0.3) is 0 Å². The smallest absolute Gasteiger partial charge is 0.339 e. The molecule has 0 aromatic heterocycles. The minimum absolute atomic E-state index is 0.169. The van der Waals surface area contributed by atoms with Crippen molar-refractivity contribution in [2.75, 3.05) is 19.5 Å². The van der Waals surface area contributed by atoms with E-state index in [0.717, 1.165) is 5.56 Å². The highest BCUT2D eigenvalue weighted by Gasteiger charge is 2.15. The van der Waals surface area contributed by atoms with Gasteiger partial charge >= 0.3 is 12.0 Å². The molecule has 5 nitrogen and oxygen atoms in total. The molecule has 0 saturated carbocycles. The van der Waals surface area contributed by atoms with E-state index in [1.807, 2.05) is 0 Å². The van der Waals surface area contributed by atoms with Gasteiger partial charge in [0.05, 0.1) is 27.7 Å². The molecular weight excluding hydrogens is 387 g/mol. The number of ether oxygens (including phenoxy) is 1. The molecule has 0 bridgehead atoms. The summed E-state index contributed by atoms with van der Waals surface area (Å²) in [5.74, 6) is -0.583. The molecule has 0 unspecified atom stereocenters. The van der Waals surface area contributed by atoms with E-state index >= 15 is 0 Å². The van der Waals surface area contributed by atoms with Gasteiger partial charge in [0.15, 0.2) is 0 Å². The number of halogens is 3. The zero-order valence-corrected chi connectivity index (χ0v) is 15.7. The van der Waals surface area contributed by atoms with Gasteiger partial charge in [-0.05, 0) is 29.8 Å². The minimum Gasteiger partial charge on any atom is -0.465 e. The van der Waals surface area contributed by atoms with Crippen molar-refractivity contribution in [3.8, 4) is 0 Å². The van der Waals surface area contributed by atoms with Crippen molar-refractivity contribution in [1.29, 1.82) is 0 Å². The summed E-state index contributed by atoms with van der Waals surface area (Å²) >= 11 is 18.1. The normalized spacial score (nSPS) is 10.3. The zero-order chi connectivity index (χ0) is 18.6. The third kappa shape index (κ3) is 4.78. The van der Waals surface area contributed by atoms with Crippen LogP contribution in [0.1, 0.15) is 15.9 Å². The number of nitrogens with zero attached hydrogens (tertiary/aromatic N) is 1. The van der Waals surface area contributed by atoms with E-state index in [1.165, 1.54) is 24.1 Å². The summed E-state index contributed by atoms with van der Waals surface area (Å²) in [5.41, 5.74) is 1.31. The van der Waals surface area contributed by atoms with Gasteiger partial charge in [-0.2, -0.15) is 0 Å². The lowest BCUT2D eigenvalue weighted by molar-refractivity contribution is 0.0601. The number of rotatable bonds is 4. The van der Waals surface area contributed by atoms with Gasteiger partial charge in [0.1, 0.15) is 0 Å². The topological polar surface area (TPSA) is 58.6 Å². The summed E-state index contributed by atoms with van der Waals surface area (Å²) in [5, 5.41) is 3.76. The van der Waals surface area contributed by atoms with Crippen molar-refractivity contribution in [3.05, 3.63) is 62.6 Å². The monoisotopic (exact) mass is 400 g/mol. The molecule has 0 aliphatic carbocycles. The summed E-state index contributed by atoms with van der Waals surface area (Å²) < 4.78 is 4.65. The lowest BCUT2D eigenvalue weighted by Gasteiger charge is -2.19. The number of urea groups is 1. The Hall–Kier alpha value is -1.95. The highest BCUT2D eigenvalue weighted by molar-refractivity contribution is 6.42. The lowest BCUT2D eigenvalue weighted by atomic mass is 10.2. The molecule has 0 heterocycles. The molecule has 0 fully saturated rings. The first kappa shape index (κ1) is 19.4. The van der Waals surface area contributed by atoms with Crippen LogP contribution in [0.15, 0.2) is 36.4 Å². The quantitative estimate of drug-likeness (QED) is 0.725. The van der Waals surface area contributed by atoms with Gasteiger partial charge in [0.2, 0.25) is 0 Å². The molecule has 25 heavy (non-hydrogen) atoms. The van der Waals surface area contributed by atoms with Gasteiger partial charge in [-0.25, -0.2) is 9.59 Å². The molecular formula is C17H15Cl3N2O3. The fourth-order valence-electron chi connectivity index (χ4n) is 2.09. The van der Waals surface area contributed by atoms with Crippen LogP contribution in [0, 0.1) is 0 Å². The molecule has 2 aromatic carbocycles. The van der Waals surface area contributed by atoms with Crippen molar-refractivity contribution in [1.82, 2.24) is 4.90 Å². The van der Waals surface area contributed by atoms with Gasteiger partial charge in [0.25, 0.3) is 0 Å². The number of hydrogen-bond acceptors (Lipinski definition) is 3. The standard InChI is InChI=1S/C17H15Cl3N2O3/c1-22(9-10-4-3-5-14(19)15(10)20)17(24)21-11-6-7-13(18)12(8-11)16(23)25-2/h3-8H,9H2,1-2H3,(H,21,24). The van der Waals surface area contributed by atoms with Crippen molar-refractivity contribution in [3.63, 3.8) is 0 Å². The summed E-state index contributed by atoms with van der Waals surface area (Å²) in [4.78, 5) is 25.4. The van der Waals surface area contributed by atoms with Gasteiger partial charge in [-0.15, -0.1) is 0 Å². The van der Waals surface area contributed by atoms with E-state index < -0.39 is 5.97 Å². The maximum absolute atomic E-state index is 12.3. The molecule has 0 aliphatic rings. The Balaban J connectivity index is 2.11. The Bertz CT molecular complexity index is 812. The molecule has 2 amide bonds. The summed E-state index contributed by atoms with van der Waals surface area (Å²) in [6.07, 6.45) is 0. The molecule has 0 atom stereocenters. The van der Waals surface area contributed by atoms with Gasteiger partial charge in [-0.3, -0.25) is 0 Å². The number of carbonyl (C=O) groups excluding carboxylic acids is 2. The van der Waals surface area contributed by atoms with E-state index in [9.17, 15) is 9.59 Å². The Morgan fingerprint density at radius 1 is 1.12 bits per heavy atom. The Morgan fingerprint density at radius 2 is 1.84 bits per heavy atom. The molecule has 1 N–H and O–H groups in total. The van der Waals surface area contributed by atoms with E-state index in [4.69, 9.17) is 34.8 Å². The maximum atomic E-state index is 12.3. The highest BCUT2D eigenvalue weighted by Crippen LogP contribution is 2.26. The number of anilines is 1. The van der Waals surface area contributed by atoms with Crippen molar-refractivity contribution in [2.45, 2.75) is 6.54 Å². The van der Waals surface area contributed by atoms with E-state index in [1.54, 1.807) is 31.3 Å². The fraction of sp³-hybridized carbons (Fsp3) is 0.176. The largest absolute Gasteiger partial charge is 0.465 e. The van der Waals surface area contributed by atoms with Crippen LogP contribution in [0.3, 0.4) is 0 Å². The molecule has 2 rings (SSSR count). The van der Waals surface area contributed by atoms with E-state index in [0.29, 0.717) is 15.7 Å². The predicted molar refractivity (Wildman–Crippen MR) is 99.7 cm³/mol. The summed E-state index contributed by atoms with van der Waals surface area (Å²) in [6, 6.07) is 9.40. The number of hydrogen-bond donors (Lipinski definition) is 1. The number of benzene rings is 2. The first-order valence-corrected chi connectivity index (χ1v) is 8.29. The minimum atomic E-state index is -0.583. The van der Waals surface area contributed by atoms with Crippen LogP contribution in [-0.4, -0.2) is 31.1 Å². The summed E-state index contributed by atoms with van der Waals surface area (Å²) in [7, 11) is 2.87. The number of esters is 1. The van der Waals surface area contributed by atoms with Crippen molar-refractivity contribution >= 4 is 52.5 Å². The average molecular weight is 402 g/mol. The van der Waals surface area contributed by atoms with Crippen LogP contribution in [0.5, 0.6) is 0 Å². The molecule has 0 radical (unpaired) electrons. The molecule has 2 aromatic rings. The fourth-order valence-corrected chi connectivity index (χ4v) is 2.66. The third-order valence-corrected chi connectivity index (χ3v) is 4.60. The van der Waals surface area contributed by atoms with Crippen LogP contribution in [-0.2, 0) is 11.3 Å². The number of nitrogens with one attached hydrogen (secondary N) is 1. The van der Waals surface area contributed by atoms with Crippen LogP contribution >= 0.6 is 34.8 Å². The second-order valence-corrected chi connectivity index (χ2v) is 6.38. The number of carbonyl (C=O) groups is 2. The molecule has 8 heteroatoms. The maximum Gasteiger partial charge on any atom is 0.339 e. The van der Waals surface area contributed by atoms with Gasteiger partial charge < -0.3 is 15.0 Å². The number of amides is 2. The average Bonchev–Trinajstić information content (AvgIpc) is 2.59. The first-order valence-electron chi connectivity index (χ1n) is 7.16. The van der Waals surface area contributed by atoms with Gasteiger partial charge in [0, 0.05) is 19.3 Å². The van der Waals surface area contributed by atoms with Crippen LogP contribution < -0.4 is 5.32 Å². The first-order chi connectivity index (χ1) is 11.8. The lowest BCUT2D eigenvalue weighted by Crippen LogP contribution is -2.31.